The predicted molar refractivity (Wildman–Crippen MR) is 91.4 cm³/mol. The van der Waals surface area contributed by atoms with Crippen LogP contribution in [0.1, 0.15) is 36.5 Å². The van der Waals surface area contributed by atoms with Gasteiger partial charge in [0.1, 0.15) is 5.54 Å². The number of esters is 1. The summed E-state index contributed by atoms with van der Waals surface area (Å²) in [5.74, 6) is 0.497. The Morgan fingerprint density at radius 2 is 1.67 bits per heavy atom. The number of hydrogen-bond acceptors (Lipinski definition) is 3. The number of carbonyl (C=O) groups excluding carboxylic acids is 1. The molecule has 3 unspecified atom stereocenters. The smallest absolute Gasteiger partial charge is 0.327 e. The van der Waals surface area contributed by atoms with Crippen LogP contribution in [-0.2, 0) is 9.53 Å². The Hall–Kier alpha value is -2.13. The Morgan fingerprint density at radius 1 is 1.04 bits per heavy atom. The largest absolute Gasteiger partial charge is 0.451 e. The van der Waals surface area contributed by atoms with Gasteiger partial charge < -0.3 is 4.74 Å². The van der Waals surface area contributed by atoms with E-state index >= 15 is 0 Å². The Morgan fingerprint density at radius 3 is 2.17 bits per heavy atom. The molecule has 2 heterocycles. The molecule has 1 aliphatic carbocycles. The van der Waals surface area contributed by atoms with Gasteiger partial charge in [-0.15, -0.1) is 0 Å². The number of benzene rings is 2. The van der Waals surface area contributed by atoms with E-state index < -0.39 is 0 Å². The van der Waals surface area contributed by atoms with Crippen molar-refractivity contribution in [1.29, 1.82) is 0 Å². The number of piperidine rings is 1. The van der Waals surface area contributed by atoms with Gasteiger partial charge in [0.25, 0.3) is 0 Å². The normalized spacial score (nSPS) is 30.4. The summed E-state index contributed by atoms with van der Waals surface area (Å²) in [5, 5.41) is 0. The third-order valence-corrected chi connectivity index (χ3v) is 6.07. The second-order valence-electron chi connectivity index (χ2n) is 7.30. The first-order valence-corrected chi connectivity index (χ1v) is 8.87. The molecule has 1 saturated carbocycles. The summed E-state index contributed by atoms with van der Waals surface area (Å²) in [6.45, 7) is 1.05. The highest BCUT2D eigenvalue weighted by Gasteiger charge is 2.72. The fourth-order valence-electron chi connectivity index (χ4n) is 4.65. The van der Waals surface area contributed by atoms with E-state index in [-0.39, 0.29) is 17.6 Å². The first-order chi connectivity index (χ1) is 11.8. The zero-order chi connectivity index (χ0) is 16.1. The van der Waals surface area contributed by atoms with Crippen LogP contribution in [0.5, 0.6) is 0 Å². The van der Waals surface area contributed by atoms with Gasteiger partial charge in [-0.3, -0.25) is 4.90 Å². The lowest BCUT2D eigenvalue weighted by Crippen LogP contribution is -2.54. The second kappa shape index (κ2) is 5.18. The molecule has 3 heteroatoms. The van der Waals surface area contributed by atoms with Crippen molar-refractivity contribution in [2.75, 3.05) is 6.54 Å². The number of nitrogens with zero attached hydrogens (tertiary/aromatic N) is 1. The van der Waals surface area contributed by atoms with Crippen molar-refractivity contribution in [3.8, 4) is 0 Å². The van der Waals surface area contributed by atoms with E-state index in [1.54, 1.807) is 0 Å². The second-order valence-corrected chi connectivity index (χ2v) is 7.30. The maximum atomic E-state index is 13.1. The van der Waals surface area contributed by atoms with E-state index in [9.17, 15) is 4.79 Å². The number of fused-ring (bicyclic) bond motifs is 3. The topological polar surface area (TPSA) is 29.5 Å². The highest BCUT2D eigenvalue weighted by atomic mass is 16.5. The van der Waals surface area contributed by atoms with Crippen LogP contribution >= 0.6 is 0 Å². The van der Waals surface area contributed by atoms with Crippen molar-refractivity contribution in [3.63, 3.8) is 0 Å². The summed E-state index contributed by atoms with van der Waals surface area (Å²) >= 11 is 0. The van der Waals surface area contributed by atoms with E-state index in [2.05, 4.69) is 4.90 Å². The Kier molecular flexibility index (Phi) is 3.07. The third kappa shape index (κ3) is 1.97. The lowest BCUT2D eigenvalue weighted by Gasteiger charge is -2.41. The molecule has 0 bridgehead atoms. The summed E-state index contributed by atoms with van der Waals surface area (Å²) < 4.78 is 6.12. The lowest BCUT2D eigenvalue weighted by molar-refractivity contribution is -0.158. The maximum absolute atomic E-state index is 13.1. The molecule has 0 aromatic heterocycles. The highest BCUT2D eigenvalue weighted by molar-refractivity contribution is 5.86. The third-order valence-electron chi connectivity index (χ3n) is 6.07. The molecule has 0 spiro atoms. The van der Waals surface area contributed by atoms with Crippen LogP contribution in [0.4, 0.5) is 0 Å². The average Bonchev–Trinajstić information content (AvgIpc) is 3.27. The van der Waals surface area contributed by atoms with Crippen molar-refractivity contribution < 1.29 is 9.53 Å². The molecule has 2 saturated heterocycles. The maximum Gasteiger partial charge on any atom is 0.327 e. The lowest BCUT2D eigenvalue weighted by atomic mass is 10.0. The molecule has 0 amide bonds. The molecule has 2 aromatic rings. The Balaban J connectivity index is 1.45. The fourth-order valence-corrected chi connectivity index (χ4v) is 4.65. The van der Waals surface area contributed by atoms with Crippen LogP contribution in [0.3, 0.4) is 0 Å². The minimum atomic E-state index is -0.323. The molecule has 24 heavy (non-hydrogen) atoms. The molecule has 122 valence electrons. The van der Waals surface area contributed by atoms with Gasteiger partial charge in [-0.25, -0.2) is 4.79 Å². The van der Waals surface area contributed by atoms with E-state index in [1.165, 1.54) is 12.8 Å². The monoisotopic (exact) mass is 319 g/mol. The molecule has 3 nitrogen and oxygen atoms in total. The molecule has 5 rings (SSSR count). The van der Waals surface area contributed by atoms with Crippen LogP contribution in [0, 0.1) is 5.92 Å². The average molecular weight is 319 g/mol. The number of ether oxygens (including phenoxy) is 1. The minimum Gasteiger partial charge on any atom is -0.451 e. The Bertz CT molecular complexity index is 720. The predicted octanol–water partition coefficient (Wildman–Crippen LogP) is 3.56. The molecular formula is C21H21NO2. The van der Waals surface area contributed by atoms with Gasteiger partial charge in [-0.2, -0.15) is 0 Å². The van der Waals surface area contributed by atoms with Gasteiger partial charge >= 0.3 is 5.97 Å². The molecule has 2 aliphatic heterocycles. The fraction of sp³-hybridized carbons (Fsp3) is 0.381. The molecule has 3 atom stereocenters. The first kappa shape index (κ1) is 14.2. The molecule has 2 aromatic carbocycles. The summed E-state index contributed by atoms with van der Waals surface area (Å²) in [6, 6.07) is 20.7. The van der Waals surface area contributed by atoms with Crippen LogP contribution in [0.15, 0.2) is 60.7 Å². The number of rotatable bonds is 4. The quantitative estimate of drug-likeness (QED) is 0.807. The molecule has 3 aliphatic rings. The van der Waals surface area contributed by atoms with Gasteiger partial charge in [0.2, 0.25) is 0 Å². The van der Waals surface area contributed by atoms with Crippen molar-refractivity contribution in [1.82, 2.24) is 4.90 Å². The van der Waals surface area contributed by atoms with Crippen LogP contribution < -0.4 is 0 Å². The summed E-state index contributed by atoms with van der Waals surface area (Å²) in [7, 11) is 0. The molecular weight excluding hydrogens is 298 g/mol. The minimum absolute atomic E-state index is 0.0209. The van der Waals surface area contributed by atoms with Crippen LogP contribution in [0.25, 0.3) is 0 Å². The van der Waals surface area contributed by atoms with E-state index in [0.29, 0.717) is 12.0 Å². The number of hydrogen-bond donors (Lipinski definition) is 0. The van der Waals surface area contributed by atoms with Gasteiger partial charge in [-0.1, -0.05) is 60.7 Å². The first-order valence-electron chi connectivity index (χ1n) is 8.87. The van der Waals surface area contributed by atoms with Crippen LogP contribution in [0.2, 0.25) is 0 Å². The highest BCUT2D eigenvalue weighted by Crippen LogP contribution is 2.62. The van der Waals surface area contributed by atoms with Gasteiger partial charge in [0, 0.05) is 12.6 Å². The van der Waals surface area contributed by atoms with E-state index in [4.69, 9.17) is 4.74 Å². The van der Waals surface area contributed by atoms with Gasteiger partial charge in [0.15, 0.2) is 6.10 Å². The van der Waals surface area contributed by atoms with E-state index in [1.807, 2.05) is 60.7 Å². The van der Waals surface area contributed by atoms with Crippen molar-refractivity contribution >= 4 is 5.97 Å². The number of carbonyl (C=O) groups is 1. The summed E-state index contributed by atoms with van der Waals surface area (Å²) in [6.07, 6.45) is 3.08. The molecule has 0 radical (unpaired) electrons. The Labute approximate surface area is 142 Å². The van der Waals surface area contributed by atoms with Gasteiger partial charge in [-0.05, 0) is 36.3 Å². The summed E-state index contributed by atoms with van der Waals surface area (Å²) in [5.41, 5.74) is 1.76. The zero-order valence-corrected chi connectivity index (χ0v) is 13.6. The van der Waals surface area contributed by atoms with Crippen molar-refractivity contribution in [3.05, 3.63) is 71.8 Å². The van der Waals surface area contributed by atoms with Crippen molar-refractivity contribution in [2.45, 2.75) is 36.9 Å². The standard InChI is InChI=1S/C21H21NO2/c23-20(21-14-17(21)13-18-11-12-22(18)21)24-19(15-7-3-1-4-8-15)16-9-5-2-6-10-16/h1-10,17-19H,11-14H2. The molecule has 0 N–H and O–H groups in total. The van der Waals surface area contributed by atoms with Crippen molar-refractivity contribution in [2.24, 2.45) is 5.92 Å². The molecule has 3 fully saturated rings. The SMILES string of the molecule is O=C(OC(c1ccccc1)c1ccccc1)C12CC1CC1CCN12. The van der Waals surface area contributed by atoms with Gasteiger partial charge in [0.05, 0.1) is 0 Å². The van der Waals surface area contributed by atoms with E-state index in [0.717, 1.165) is 24.1 Å². The zero-order valence-electron chi connectivity index (χ0n) is 13.6. The summed E-state index contributed by atoms with van der Waals surface area (Å²) in [4.78, 5) is 15.5. The van der Waals surface area contributed by atoms with Crippen LogP contribution in [-0.4, -0.2) is 29.0 Å².